The van der Waals surface area contributed by atoms with Crippen LogP contribution in [0, 0.1) is 0 Å². The van der Waals surface area contributed by atoms with E-state index in [1.165, 1.54) is 30.5 Å². The van der Waals surface area contributed by atoms with E-state index >= 15 is 0 Å². The summed E-state index contributed by atoms with van der Waals surface area (Å²) in [5, 5.41) is 0.300. The van der Waals surface area contributed by atoms with Gasteiger partial charge in [-0.15, -0.1) is 0 Å². The molecule has 13 heavy (non-hydrogen) atoms. The van der Waals surface area contributed by atoms with Crippen LogP contribution in [0.1, 0.15) is 39.0 Å². The molecule has 0 saturated carbocycles. The molecule has 0 aromatic carbocycles. The topological polar surface area (TPSA) is 50.1 Å². The maximum atomic E-state index is 5.33. The second-order valence-electron chi connectivity index (χ2n) is 3.26. The van der Waals surface area contributed by atoms with Crippen LogP contribution in [0.15, 0.2) is 11.3 Å². The fraction of sp³-hybridized carbons (Fsp3) is 0.667. The maximum absolute atomic E-state index is 5.33. The lowest BCUT2D eigenvalue weighted by Crippen LogP contribution is -2.41. The van der Waals surface area contributed by atoms with Gasteiger partial charge in [0.05, 0.1) is 0 Å². The van der Waals surface area contributed by atoms with Crippen molar-refractivity contribution in [2.75, 3.05) is 0 Å². The van der Waals surface area contributed by atoms with E-state index in [1.54, 1.807) is 0 Å². The third-order valence-electron chi connectivity index (χ3n) is 2.35. The van der Waals surface area contributed by atoms with Crippen molar-refractivity contribution in [1.29, 1.82) is 0 Å². The van der Waals surface area contributed by atoms with Crippen molar-refractivity contribution in [3.8, 4) is 0 Å². The highest BCUT2D eigenvalue weighted by Crippen LogP contribution is 2.24. The Kier molecular flexibility index (Phi) is 4.02. The molecule has 0 amide bonds. The Hall–Kier alpha value is -0.770. The molecule has 4 heteroatoms. The molecule has 1 aliphatic carbocycles. The van der Waals surface area contributed by atoms with E-state index in [1.807, 2.05) is 0 Å². The number of nitrogens with two attached hydrogens (primary N) is 1. The number of hydrogen-bond acceptors (Lipinski definition) is 2. The van der Waals surface area contributed by atoms with Gasteiger partial charge in [0, 0.05) is 5.70 Å². The summed E-state index contributed by atoms with van der Waals surface area (Å²) >= 11 is 4.72. The first kappa shape index (κ1) is 10.3. The van der Waals surface area contributed by atoms with Crippen LogP contribution in [0.4, 0.5) is 0 Å². The minimum Gasteiger partial charge on any atom is -0.375 e. The second-order valence-corrected chi connectivity index (χ2v) is 3.70. The number of hydrogen-bond donors (Lipinski definition) is 3. The van der Waals surface area contributed by atoms with Crippen molar-refractivity contribution in [2.45, 2.75) is 39.0 Å². The van der Waals surface area contributed by atoms with E-state index in [0.29, 0.717) is 5.11 Å². The quantitative estimate of drug-likeness (QED) is 0.477. The lowest BCUT2D eigenvalue weighted by molar-refractivity contribution is 0.590. The van der Waals surface area contributed by atoms with Gasteiger partial charge >= 0.3 is 0 Å². The number of allylic oxidation sites excluding steroid dienone is 2. The average molecular weight is 199 g/mol. The highest BCUT2D eigenvalue weighted by Gasteiger charge is 2.10. The van der Waals surface area contributed by atoms with Crippen molar-refractivity contribution in [1.82, 2.24) is 10.9 Å². The van der Waals surface area contributed by atoms with Crippen molar-refractivity contribution < 1.29 is 0 Å². The molecule has 3 nitrogen and oxygen atoms in total. The van der Waals surface area contributed by atoms with Crippen LogP contribution in [0.3, 0.4) is 0 Å². The molecule has 0 fully saturated rings. The van der Waals surface area contributed by atoms with Crippen LogP contribution >= 0.6 is 12.2 Å². The van der Waals surface area contributed by atoms with Gasteiger partial charge in [0.15, 0.2) is 5.11 Å². The Balaban J connectivity index is 2.52. The van der Waals surface area contributed by atoms with Crippen LogP contribution < -0.4 is 16.6 Å². The van der Waals surface area contributed by atoms with E-state index in [9.17, 15) is 0 Å². The van der Waals surface area contributed by atoms with Gasteiger partial charge in [0.1, 0.15) is 0 Å². The standard InChI is InChI=1S/C9H17N3S/c1-2-7-5-3-4-6-8(7)11-12-9(10)13/h11H,2-6H2,1H3,(H3,10,12,13). The molecule has 0 radical (unpaired) electrons. The average Bonchev–Trinajstić information content (AvgIpc) is 2.15. The molecule has 0 saturated heterocycles. The van der Waals surface area contributed by atoms with Gasteiger partial charge in [-0.1, -0.05) is 6.92 Å². The second kappa shape index (κ2) is 5.07. The first-order chi connectivity index (χ1) is 6.24. The van der Waals surface area contributed by atoms with Gasteiger partial charge in [-0.2, -0.15) is 0 Å². The summed E-state index contributed by atoms with van der Waals surface area (Å²) in [6, 6.07) is 0. The molecular formula is C9H17N3S. The number of thiocarbonyl (C=S) groups is 1. The van der Waals surface area contributed by atoms with Gasteiger partial charge < -0.3 is 11.2 Å². The molecule has 0 heterocycles. The molecule has 0 aliphatic heterocycles. The van der Waals surface area contributed by atoms with Gasteiger partial charge in [-0.25, -0.2) is 0 Å². The molecule has 0 aromatic heterocycles. The van der Waals surface area contributed by atoms with Gasteiger partial charge in [0.2, 0.25) is 0 Å². The fourth-order valence-electron chi connectivity index (χ4n) is 1.65. The zero-order chi connectivity index (χ0) is 9.68. The largest absolute Gasteiger partial charge is 0.375 e. The lowest BCUT2D eigenvalue weighted by atomic mass is 9.95. The van der Waals surface area contributed by atoms with Gasteiger partial charge in [-0.05, 0) is 49.9 Å². The SMILES string of the molecule is CCC1=C(NNC(N)=S)CCCC1. The summed E-state index contributed by atoms with van der Waals surface area (Å²) < 4.78 is 0. The molecule has 0 aromatic rings. The molecule has 0 unspecified atom stereocenters. The number of hydrazine groups is 1. The van der Waals surface area contributed by atoms with E-state index in [0.717, 1.165) is 12.8 Å². The Morgan fingerprint density at radius 3 is 2.77 bits per heavy atom. The van der Waals surface area contributed by atoms with E-state index in [-0.39, 0.29) is 0 Å². The summed E-state index contributed by atoms with van der Waals surface area (Å²) in [5.41, 5.74) is 14.0. The van der Waals surface area contributed by atoms with Crippen LogP contribution in [-0.2, 0) is 0 Å². The highest BCUT2D eigenvalue weighted by molar-refractivity contribution is 7.80. The van der Waals surface area contributed by atoms with E-state index in [4.69, 9.17) is 18.0 Å². The molecule has 74 valence electrons. The number of nitrogens with one attached hydrogen (secondary N) is 2. The monoisotopic (exact) mass is 199 g/mol. The number of rotatable bonds is 3. The normalized spacial score (nSPS) is 17.0. The van der Waals surface area contributed by atoms with Crippen LogP contribution in [0.5, 0.6) is 0 Å². The Morgan fingerprint density at radius 2 is 2.15 bits per heavy atom. The molecule has 0 spiro atoms. The minimum absolute atomic E-state index is 0.300. The third-order valence-corrected chi connectivity index (χ3v) is 2.45. The van der Waals surface area contributed by atoms with Crippen molar-refractivity contribution >= 4 is 17.3 Å². The van der Waals surface area contributed by atoms with E-state index in [2.05, 4.69) is 17.8 Å². The van der Waals surface area contributed by atoms with Crippen molar-refractivity contribution in [3.05, 3.63) is 11.3 Å². The van der Waals surface area contributed by atoms with Crippen LogP contribution in [0.25, 0.3) is 0 Å². The smallest absolute Gasteiger partial charge is 0.182 e. The van der Waals surface area contributed by atoms with Gasteiger partial charge in [-0.3, -0.25) is 5.43 Å². The van der Waals surface area contributed by atoms with Crippen molar-refractivity contribution in [3.63, 3.8) is 0 Å². The molecule has 4 N–H and O–H groups in total. The summed E-state index contributed by atoms with van der Waals surface area (Å²) in [6.07, 6.45) is 5.99. The molecule has 1 aliphatic rings. The predicted octanol–water partition coefficient (Wildman–Crippen LogP) is 1.56. The van der Waals surface area contributed by atoms with Crippen LogP contribution in [-0.4, -0.2) is 5.11 Å². The first-order valence-electron chi connectivity index (χ1n) is 4.76. The van der Waals surface area contributed by atoms with Gasteiger partial charge in [0.25, 0.3) is 0 Å². The molecular weight excluding hydrogens is 182 g/mol. The summed E-state index contributed by atoms with van der Waals surface area (Å²) in [5.74, 6) is 0. The summed E-state index contributed by atoms with van der Waals surface area (Å²) in [6.45, 7) is 2.18. The van der Waals surface area contributed by atoms with Crippen molar-refractivity contribution in [2.24, 2.45) is 5.73 Å². The fourth-order valence-corrected chi connectivity index (χ4v) is 1.70. The summed E-state index contributed by atoms with van der Waals surface area (Å²) in [7, 11) is 0. The highest BCUT2D eigenvalue weighted by atomic mass is 32.1. The third kappa shape index (κ3) is 3.22. The zero-order valence-corrected chi connectivity index (χ0v) is 8.84. The van der Waals surface area contributed by atoms with Crippen LogP contribution in [0.2, 0.25) is 0 Å². The molecule has 1 rings (SSSR count). The molecule has 0 atom stereocenters. The Labute approximate surface area is 84.7 Å². The first-order valence-corrected chi connectivity index (χ1v) is 5.17. The van der Waals surface area contributed by atoms with E-state index < -0.39 is 0 Å². The zero-order valence-electron chi connectivity index (χ0n) is 8.02. The Morgan fingerprint density at radius 1 is 1.46 bits per heavy atom. The Bertz CT molecular complexity index is 223. The molecule has 0 bridgehead atoms. The summed E-state index contributed by atoms with van der Waals surface area (Å²) in [4.78, 5) is 0. The minimum atomic E-state index is 0.300. The maximum Gasteiger partial charge on any atom is 0.182 e. The lowest BCUT2D eigenvalue weighted by Gasteiger charge is -2.21. The predicted molar refractivity (Wildman–Crippen MR) is 58.8 cm³/mol.